The summed E-state index contributed by atoms with van der Waals surface area (Å²) < 4.78 is 5.84. The third-order valence-electron chi connectivity index (χ3n) is 3.19. The second-order valence-corrected chi connectivity index (χ2v) is 6.21. The molecule has 0 spiro atoms. The Bertz CT molecular complexity index is 552. The molecular weight excluding hydrogens is 248 g/mol. The summed E-state index contributed by atoms with van der Waals surface area (Å²) in [5.74, 6) is 1.68. The molecular formula is C17H24N2O. The number of hydrogen-bond donors (Lipinski definition) is 1. The zero-order valence-electron chi connectivity index (χ0n) is 12.9. The number of hydrogen-bond acceptors (Lipinski definition) is 3. The van der Waals surface area contributed by atoms with Crippen molar-refractivity contribution in [2.24, 2.45) is 0 Å². The summed E-state index contributed by atoms with van der Waals surface area (Å²) in [4.78, 5) is 4.37. The highest BCUT2D eigenvalue weighted by Gasteiger charge is 2.10. The second-order valence-electron chi connectivity index (χ2n) is 6.21. The lowest BCUT2D eigenvalue weighted by Gasteiger charge is -2.20. The van der Waals surface area contributed by atoms with Crippen molar-refractivity contribution in [2.75, 3.05) is 6.54 Å². The van der Waals surface area contributed by atoms with Crippen LogP contribution in [0.5, 0.6) is 0 Å². The van der Waals surface area contributed by atoms with E-state index in [2.05, 4.69) is 50.1 Å². The molecule has 1 heterocycles. The summed E-state index contributed by atoms with van der Waals surface area (Å²) in [6.45, 7) is 9.59. The zero-order chi connectivity index (χ0) is 14.6. The lowest BCUT2D eigenvalue weighted by molar-refractivity contribution is 0.412. The van der Waals surface area contributed by atoms with Gasteiger partial charge in [0, 0.05) is 17.5 Å². The second kappa shape index (κ2) is 6.23. The highest BCUT2D eigenvalue weighted by Crippen LogP contribution is 2.24. The lowest BCUT2D eigenvalue weighted by Crippen LogP contribution is -2.36. The van der Waals surface area contributed by atoms with E-state index in [1.807, 2.05) is 18.3 Å². The Morgan fingerprint density at radius 2 is 1.95 bits per heavy atom. The Hall–Kier alpha value is -1.61. The van der Waals surface area contributed by atoms with Gasteiger partial charge < -0.3 is 9.73 Å². The van der Waals surface area contributed by atoms with Gasteiger partial charge in [0.25, 0.3) is 0 Å². The van der Waals surface area contributed by atoms with Gasteiger partial charge >= 0.3 is 0 Å². The molecule has 3 heteroatoms. The molecule has 0 aliphatic rings. The van der Waals surface area contributed by atoms with Crippen molar-refractivity contribution in [2.45, 2.75) is 46.1 Å². The van der Waals surface area contributed by atoms with Gasteiger partial charge in [-0.2, -0.15) is 0 Å². The van der Waals surface area contributed by atoms with E-state index < -0.39 is 0 Å². The first-order valence-corrected chi connectivity index (χ1v) is 7.21. The fraction of sp³-hybridized carbons (Fsp3) is 0.471. The van der Waals surface area contributed by atoms with Crippen LogP contribution in [-0.4, -0.2) is 17.1 Å². The van der Waals surface area contributed by atoms with Crippen molar-refractivity contribution in [1.82, 2.24) is 10.3 Å². The van der Waals surface area contributed by atoms with E-state index in [1.54, 1.807) is 0 Å². The van der Waals surface area contributed by atoms with Crippen LogP contribution in [0.2, 0.25) is 0 Å². The molecule has 0 bridgehead atoms. The highest BCUT2D eigenvalue weighted by atomic mass is 16.4. The number of rotatable bonds is 5. The quantitative estimate of drug-likeness (QED) is 0.837. The predicted molar refractivity (Wildman–Crippen MR) is 82.8 cm³/mol. The summed E-state index contributed by atoms with van der Waals surface area (Å²) in [7, 11) is 0. The molecule has 1 aromatic heterocycles. The fourth-order valence-electron chi connectivity index (χ4n) is 2.10. The molecule has 2 aromatic rings. The number of aromatic nitrogens is 1. The summed E-state index contributed by atoms with van der Waals surface area (Å²) in [6, 6.07) is 8.22. The first-order valence-electron chi connectivity index (χ1n) is 7.21. The van der Waals surface area contributed by atoms with E-state index >= 15 is 0 Å². The van der Waals surface area contributed by atoms with E-state index in [0.717, 1.165) is 36.6 Å². The smallest absolute Gasteiger partial charge is 0.194 e. The molecule has 0 aliphatic heterocycles. The average molecular weight is 272 g/mol. The zero-order valence-corrected chi connectivity index (χ0v) is 12.9. The van der Waals surface area contributed by atoms with Gasteiger partial charge in [0.2, 0.25) is 0 Å². The summed E-state index contributed by atoms with van der Waals surface area (Å²) in [6.07, 6.45) is 3.73. The lowest BCUT2D eigenvalue weighted by atomic mass is 10.1. The van der Waals surface area contributed by atoms with Crippen molar-refractivity contribution in [3.8, 4) is 11.3 Å². The Morgan fingerprint density at radius 3 is 2.65 bits per heavy atom. The minimum Gasteiger partial charge on any atom is -0.441 e. The Morgan fingerprint density at radius 1 is 1.20 bits per heavy atom. The SMILES string of the molecule is Cc1ccccc1-c1cnc(CCCNC(C)(C)C)o1. The Kier molecular flexibility index (Phi) is 4.61. The molecule has 0 fully saturated rings. The van der Waals surface area contributed by atoms with Crippen LogP contribution in [0, 0.1) is 6.92 Å². The monoisotopic (exact) mass is 272 g/mol. The minimum atomic E-state index is 0.170. The van der Waals surface area contributed by atoms with Crippen LogP contribution in [0.3, 0.4) is 0 Å². The third kappa shape index (κ3) is 4.20. The molecule has 3 nitrogen and oxygen atoms in total. The Labute approximate surface area is 121 Å². The van der Waals surface area contributed by atoms with E-state index in [4.69, 9.17) is 4.42 Å². The van der Waals surface area contributed by atoms with E-state index in [-0.39, 0.29) is 5.54 Å². The van der Waals surface area contributed by atoms with Gasteiger partial charge in [0.05, 0.1) is 6.20 Å². The molecule has 108 valence electrons. The van der Waals surface area contributed by atoms with Crippen LogP contribution in [0.25, 0.3) is 11.3 Å². The van der Waals surface area contributed by atoms with Gasteiger partial charge in [-0.1, -0.05) is 24.3 Å². The number of aryl methyl sites for hydroxylation is 2. The van der Waals surface area contributed by atoms with Gasteiger partial charge in [0.15, 0.2) is 11.7 Å². The predicted octanol–water partition coefficient (Wildman–Crippen LogP) is 3.97. The highest BCUT2D eigenvalue weighted by molar-refractivity contribution is 5.60. The summed E-state index contributed by atoms with van der Waals surface area (Å²) >= 11 is 0. The molecule has 1 aromatic carbocycles. The molecule has 1 N–H and O–H groups in total. The van der Waals surface area contributed by atoms with Gasteiger partial charge in [-0.25, -0.2) is 4.98 Å². The van der Waals surface area contributed by atoms with Crippen molar-refractivity contribution >= 4 is 0 Å². The van der Waals surface area contributed by atoms with Gasteiger partial charge in [-0.15, -0.1) is 0 Å². The number of oxazole rings is 1. The first-order chi connectivity index (χ1) is 9.46. The molecule has 0 saturated heterocycles. The molecule has 0 unspecified atom stereocenters. The maximum atomic E-state index is 5.84. The normalized spacial score (nSPS) is 11.8. The maximum Gasteiger partial charge on any atom is 0.194 e. The standard InChI is InChI=1S/C17H24N2O/c1-13-8-5-6-9-14(13)15-12-18-16(20-15)10-7-11-19-17(2,3)4/h5-6,8-9,12,19H,7,10-11H2,1-4H3. The Balaban J connectivity index is 1.92. The van der Waals surface area contributed by atoms with Crippen LogP contribution < -0.4 is 5.32 Å². The molecule has 0 saturated carbocycles. The van der Waals surface area contributed by atoms with Crippen LogP contribution in [0.1, 0.15) is 38.6 Å². The van der Waals surface area contributed by atoms with Crippen LogP contribution in [-0.2, 0) is 6.42 Å². The van der Waals surface area contributed by atoms with Gasteiger partial charge in [-0.05, 0) is 46.2 Å². The molecule has 2 rings (SSSR count). The molecule has 0 atom stereocenters. The molecule has 20 heavy (non-hydrogen) atoms. The van der Waals surface area contributed by atoms with Crippen molar-refractivity contribution < 1.29 is 4.42 Å². The van der Waals surface area contributed by atoms with Gasteiger partial charge in [-0.3, -0.25) is 0 Å². The third-order valence-corrected chi connectivity index (χ3v) is 3.19. The summed E-state index contributed by atoms with van der Waals surface area (Å²) in [5.41, 5.74) is 2.51. The molecule has 0 amide bonds. The fourth-order valence-corrected chi connectivity index (χ4v) is 2.10. The average Bonchev–Trinajstić information content (AvgIpc) is 2.83. The largest absolute Gasteiger partial charge is 0.441 e. The number of benzene rings is 1. The molecule has 0 radical (unpaired) electrons. The van der Waals surface area contributed by atoms with Crippen LogP contribution in [0.4, 0.5) is 0 Å². The summed E-state index contributed by atoms with van der Waals surface area (Å²) in [5, 5.41) is 3.47. The van der Waals surface area contributed by atoms with E-state index in [1.165, 1.54) is 5.56 Å². The minimum absolute atomic E-state index is 0.170. The van der Waals surface area contributed by atoms with Crippen molar-refractivity contribution in [3.63, 3.8) is 0 Å². The van der Waals surface area contributed by atoms with Crippen LogP contribution >= 0.6 is 0 Å². The number of nitrogens with zero attached hydrogens (tertiary/aromatic N) is 1. The van der Waals surface area contributed by atoms with E-state index in [9.17, 15) is 0 Å². The van der Waals surface area contributed by atoms with E-state index in [0.29, 0.717) is 0 Å². The van der Waals surface area contributed by atoms with Gasteiger partial charge in [0.1, 0.15) is 0 Å². The number of nitrogens with one attached hydrogen (secondary N) is 1. The molecule has 0 aliphatic carbocycles. The topological polar surface area (TPSA) is 38.1 Å². The first kappa shape index (κ1) is 14.8. The van der Waals surface area contributed by atoms with Crippen LogP contribution in [0.15, 0.2) is 34.9 Å². The van der Waals surface area contributed by atoms with Crippen molar-refractivity contribution in [1.29, 1.82) is 0 Å². The maximum absolute atomic E-state index is 5.84. The van der Waals surface area contributed by atoms with Crippen molar-refractivity contribution in [3.05, 3.63) is 41.9 Å².